The minimum absolute atomic E-state index is 0.0119. The zero-order chi connectivity index (χ0) is 14.5. The second kappa shape index (κ2) is 6.79. The number of nitrogens with two attached hydrogens (primary N) is 1. The van der Waals surface area contributed by atoms with Crippen LogP contribution in [0.4, 0.5) is 8.78 Å². The number of nitrogens with zero attached hydrogens (tertiary/aromatic N) is 1. The topological polar surface area (TPSA) is 46.3 Å². The van der Waals surface area contributed by atoms with Crippen molar-refractivity contribution in [2.75, 3.05) is 6.54 Å². The predicted molar refractivity (Wildman–Crippen MR) is 72.8 cm³/mol. The molecule has 0 unspecified atom stereocenters. The van der Waals surface area contributed by atoms with E-state index < -0.39 is 11.6 Å². The normalized spacial score (nSPS) is 15.6. The molecule has 20 heavy (non-hydrogen) atoms. The molecule has 1 amide bonds. The Hall–Kier alpha value is -1.49. The first-order chi connectivity index (χ1) is 9.63. The van der Waals surface area contributed by atoms with Crippen molar-refractivity contribution in [3.63, 3.8) is 0 Å². The van der Waals surface area contributed by atoms with E-state index in [0.29, 0.717) is 0 Å². The Labute approximate surface area is 117 Å². The summed E-state index contributed by atoms with van der Waals surface area (Å²) in [4.78, 5) is 13.8. The smallest absolute Gasteiger partial charge is 0.224 e. The van der Waals surface area contributed by atoms with Gasteiger partial charge in [0.2, 0.25) is 5.91 Å². The Balaban J connectivity index is 2.20. The van der Waals surface area contributed by atoms with Gasteiger partial charge in [-0.15, -0.1) is 0 Å². The average molecular weight is 282 g/mol. The summed E-state index contributed by atoms with van der Waals surface area (Å²) in [5, 5.41) is 0. The SMILES string of the molecule is NCCC(=O)N(Cc1c(F)cccc1F)C1CCCC1. The Morgan fingerprint density at radius 3 is 2.40 bits per heavy atom. The largest absolute Gasteiger partial charge is 0.335 e. The van der Waals surface area contributed by atoms with Gasteiger partial charge in [0.15, 0.2) is 0 Å². The highest BCUT2D eigenvalue weighted by Crippen LogP contribution is 2.26. The van der Waals surface area contributed by atoms with Gasteiger partial charge in [-0.1, -0.05) is 18.9 Å². The lowest BCUT2D eigenvalue weighted by atomic mass is 10.1. The molecule has 5 heteroatoms. The van der Waals surface area contributed by atoms with Crippen LogP contribution in [0.3, 0.4) is 0 Å². The van der Waals surface area contributed by atoms with E-state index in [9.17, 15) is 13.6 Å². The molecule has 0 saturated heterocycles. The first kappa shape index (κ1) is 14.9. The van der Waals surface area contributed by atoms with E-state index in [1.807, 2.05) is 0 Å². The summed E-state index contributed by atoms with van der Waals surface area (Å²) in [5.74, 6) is -1.33. The van der Waals surface area contributed by atoms with Gasteiger partial charge in [-0.25, -0.2) is 8.78 Å². The maximum absolute atomic E-state index is 13.7. The van der Waals surface area contributed by atoms with Crippen LogP contribution < -0.4 is 5.73 Å². The fourth-order valence-corrected chi connectivity index (χ4v) is 2.76. The van der Waals surface area contributed by atoms with Gasteiger partial charge in [-0.2, -0.15) is 0 Å². The number of rotatable bonds is 5. The molecule has 0 spiro atoms. The molecule has 1 aromatic carbocycles. The van der Waals surface area contributed by atoms with E-state index in [1.54, 1.807) is 4.90 Å². The molecule has 0 aromatic heterocycles. The van der Waals surface area contributed by atoms with Gasteiger partial charge in [0.1, 0.15) is 11.6 Å². The number of amides is 1. The molecule has 2 N–H and O–H groups in total. The van der Waals surface area contributed by atoms with Crippen molar-refractivity contribution in [3.05, 3.63) is 35.4 Å². The molecule has 0 aliphatic heterocycles. The predicted octanol–water partition coefficient (Wildman–Crippen LogP) is 2.58. The monoisotopic (exact) mass is 282 g/mol. The second-order valence-corrected chi connectivity index (χ2v) is 5.20. The van der Waals surface area contributed by atoms with Gasteiger partial charge < -0.3 is 10.6 Å². The lowest BCUT2D eigenvalue weighted by Crippen LogP contribution is -2.39. The van der Waals surface area contributed by atoms with Crippen molar-refractivity contribution >= 4 is 5.91 Å². The summed E-state index contributed by atoms with van der Waals surface area (Å²) in [6.45, 7) is 0.240. The Morgan fingerprint density at radius 1 is 1.25 bits per heavy atom. The first-order valence-electron chi connectivity index (χ1n) is 7.06. The lowest BCUT2D eigenvalue weighted by Gasteiger charge is -2.29. The van der Waals surface area contributed by atoms with Crippen molar-refractivity contribution in [3.8, 4) is 0 Å². The van der Waals surface area contributed by atoms with Gasteiger partial charge in [-0.05, 0) is 25.0 Å². The molecule has 1 saturated carbocycles. The molecule has 3 nitrogen and oxygen atoms in total. The maximum atomic E-state index is 13.7. The summed E-state index contributed by atoms with van der Waals surface area (Å²) in [6, 6.07) is 3.85. The van der Waals surface area contributed by atoms with Crippen LogP contribution in [0.2, 0.25) is 0 Å². The van der Waals surface area contributed by atoms with E-state index >= 15 is 0 Å². The average Bonchev–Trinajstić information content (AvgIpc) is 2.92. The summed E-state index contributed by atoms with van der Waals surface area (Å²) < 4.78 is 27.5. The van der Waals surface area contributed by atoms with Gasteiger partial charge in [-0.3, -0.25) is 4.79 Å². The Kier molecular flexibility index (Phi) is 5.06. The molecule has 0 heterocycles. The zero-order valence-electron chi connectivity index (χ0n) is 11.4. The van der Waals surface area contributed by atoms with Crippen molar-refractivity contribution in [1.82, 2.24) is 4.90 Å². The molecule has 1 fully saturated rings. The summed E-state index contributed by atoms with van der Waals surface area (Å²) in [7, 11) is 0. The highest BCUT2D eigenvalue weighted by atomic mass is 19.1. The number of hydrogen-bond acceptors (Lipinski definition) is 2. The summed E-state index contributed by atoms with van der Waals surface area (Å²) >= 11 is 0. The molecule has 0 bridgehead atoms. The van der Waals surface area contributed by atoms with Gasteiger partial charge in [0.05, 0.1) is 6.54 Å². The zero-order valence-corrected chi connectivity index (χ0v) is 11.4. The van der Waals surface area contributed by atoms with E-state index in [2.05, 4.69) is 0 Å². The quantitative estimate of drug-likeness (QED) is 0.902. The third kappa shape index (κ3) is 3.33. The number of halogens is 2. The van der Waals surface area contributed by atoms with Crippen molar-refractivity contribution < 1.29 is 13.6 Å². The standard InChI is InChI=1S/C15H20F2N2O/c16-13-6-3-7-14(17)12(13)10-19(15(20)8-9-18)11-4-1-2-5-11/h3,6-7,11H,1-2,4-5,8-10,18H2. The van der Waals surface area contributed by atoms with Crippen LogP contribution in [0.25, 0.3) is 0 Å². The summed E-state index contributed by atoms with van der Waals surface area (Å²) in [6.07, 6.45) is 4.11. The number of carbonyl (C=O) groups is 1. The van der Waals surface area contributed by atoms with E-state index in [-0.39, 0.29) is 37.0 Å². The van der Waals surface area contributed by atoms with E-state index in [0.717, 1.165) is 25.7 Å². The molecule has 0 atom stereocenters. The fourth-order valence-electron chi connectivity index (χ4n) is 2.76. The van der Waals surface area contributed by atoms with Gasteiger partial charge in [0, 0.05) is 24.6 Å². The third-order valence-corrected chi connectivity index (χ3v) is 3.83. The molecular formula is C15H20F2N2O. The Morgan fingerprint density at radius 2 is 1.85 bits per heavy atom. The third-order valence-electron chi connectivity index (χ3n) is 3.83. The highest BCUT2D eigenvalue weighted by molar-refractivity contribution is 5.76. The number of hydrogen-bond donors (Lipinski definition) is 1. The number of benzene rings is 1. The van der Waals surface area contributed by atoms with Crippen molar-refractivity contribution in [2.45, 2.75) is 44.7 Å². The van der Waals surface area contributed by atoms with Crippen LogP contribution in [0.5, 0.6) is 0 Å². The Bertz CT molecular complexity index is 453. The molecule has 2 rings (SSSR count). The second-order valence-electron chi connectivity index (χ2n) is 5.20. The molecule has 110 valence electrons. The van der Waals surface area contributed by atoms with Gasteiger partial charge >= 0.3 is 0 Å². The van der Waals surface area contributed by atoms with E-state index in [4.69, 9.17) is 5.73 Å². The minimum Gasteiger partial charge on any atom is -0.335 e. The van der Waals surface area contributed by atoms with Crippen LogP contribution in [0.15, 0.2) is 18.2 Å². The van der Waals surface area contributed by atoms with Crippen LogP contribution in [0, 0.1) is 11.6 Å². The maximum Gasteiger partial charge on any atom is 0.224 e. The lowest BCUT2D eigenvalue weighted by molar-refractivity contribution is -0.134. The molecule has 1 aliphatic carbocycles. The fraction of sp³-hybridized carbons (Fsp3) is 0.533. The summed E-state index contributed by atoms with van der Waals surface area (Å²) in [5.41, 5.74) is 5.39. The molecular weight excluding hydrogens is 262 g/mol. The highest BCUT2D eigenvalue weighted by Gasteiger charge is 2.27. The molecule has 0 radical (unpaired) electrons. The van der Waals surface area contributed by atoms with Gasteiger partial charge in [0.25, 0.3) is 0 Å². The van der Waals surface area contributed by atoms with Crippen LogP contribution in [-0.4, -0.2) is 23.4 Å². The van der Waals surface area contributed by atoms with Crippen LogP contribution in [0.1, 0.15) is 37.7 Å². The van der Waals surface area contributed by atoms with Crippen molar-refractivity contribution in [1.29, 1.82) is 0 Å². The molecule has 1 aromatic rings. The van der Waals surface area contributed by atoms with Crippen molar-refractivity contribution in [2.24, 2.45) is 5.73 Å². The van der Waals surface area contributed by atoms with Crippen LogP contribution >= 0.6 is 0 Å². The minimum atomic E-state index is -0.603. The first-order valence-corrected chi connectivity index (χ1v) is 7.06. The van der Waals surface area contributed by atoms with E-state index in [1.165, 1.54) is 18.2 Å². The number of carbonyl (C=O) groups excluding carboxylic acids is 1. The molecule has 1 aliphatic rings. The van der Waals surface area contributed by atoms with Crippen LogP contribution in [-0.2, 0) is 11.3 Å².